The summed E-state index contributed by atoms with van der Waals surface area (Å²) in [6.45, 7) is 3.35. The summed E-state index contributed by atoms with van der Waals surface area (Å²) in [5.74, 6) is 1.51. The molecule has 0 fully saturated rings. The number of pyridine rings is 1. The summed E-state index contributed by atoms with van der Waals surface area (Å²) >= 11 is 0. The maximum absolute atomic E-state index is 13.2. The van der Waals surface area contributed by atoms with Gasteiger partial charge in [-0.2, -0.15) is 4.39 Å². The van der Waals surface area contributed by atoms with Gasteiger partial charge < -0.3 is 14.4 Å². The first-order valence-electron chi connectivity index (χ1n) is 6.76. The lowest BCUT2D eigenvalue weighted by Gasteiger charge is -2.22. The number of hydrogen-bond acceptors (Lipinski definition) is 4. The Morgan fingerprint density at radius 2 is 1.86 bits per heavy atom. The van der Waals surface area contributed by atoms with Gasteiger partial charge in [-0.25, -0.2) is 4.98 Å². The van der Waals surface area contributed by atoms with Crippen LogP contribution >= 0.6 is 0 Å². The second-order valence-electron chi connectivity index (χ2n) is 4.52. The molecule has 0 spiro atoms. The normalized spacial score (nSPS) is 10.3. The van der Waals surface area contributed by atoms with Crippen LogP contribution < -0.4 is 14.4 Å². The molecule has 0 unspecified atom stereocenters. The van der Waals surface area contributed by atoms with Crippen molar-refractivity contribution in [1.82, 2.24) is 4.98 Å². The minimum Gasteiger partial charge on any atom is -0.493 e. The van der Waals surface area contributed by atoms with Gasteiger partial charge in [0.1, 0.15) is 5.82 Å². The second-order valence-corrected chi connectivity index (χ2v) is 4.52. The zero-order valence-corrected chi connectivity index (χ0v) is 12.5. The second kappa shape index (κ2) is 6.92. The van der Waals surface area contributed by atoms with Crippen molar-refractivity contribution in [3.8, 4) is 11.5 Å². The first-order chi connectivity index (χ1) is 10.2. The number of ether oxygens (including phenoxy) is 2. The number of aromatic nitrogens is 1. The lowest BCUT2D eigenvalue weighted by molar-refractivity contribution is 0.354. The van der Waals surface area contributed by atoms with Gasteiger partial charge in [-0.1, -0.05) is 12.1 Å². The molecule has 0 bridgehead atoms. The molecule has 2 rings (SSSR count). The summed E-state index contributed by atoms with van der Waals surface area (Å²) in [6.07, 6.45) is 0. The van der Waals surface area contributed by atoms with Crippen LogP contribution in [0.25, 0.3) is 0 Å². The van der Waals surface area contributed by atoms with Crippen molar-refractivity contribution in [3.63, 3.8) is 0 Å². The average molecular weight is 290 g/mol. The summed E-state index contributed by atoms with van der Waals surface area (Å²) < 4.78 is 23.8. The van der Waals surface area contributed by atoms with Crippen molar-refractivity contribution in [3.05, 3.63) is 47.9 Å². The lowest BCUT2D eigenvalue weighted by Crippen LogP contribution is -2.23. The SMILES string of the molecule is CCN(Cc1ccc(OC)c(OC)c1)c1cccc(F)n1. The van der Waals surface area contributed by atoms with Gasteiger partial charge in [0.25, 0.3) is 0 Å². The minimum atomic E-state index is -0.474. The third-order valence-corrected chi connectivity index (χ3v) is 3.23. The fourth-order valence-electron chi connectivity index (χ4n) is 2.13. The van der Waals surface area contributed by atoms with Crippen molar-refractivity contribution in [2.45, 2.75) is 13.5 Å². The molecule has 0 saturated heterocycles. The van der Waals surface area contributed by atoms with Crippen LogP contribution in [0.1, 0.15) is 12.5 Å². The molecule has 2 aromatic rings. The molecule has 0 radical (unpaired) electrons. The highest BCUT2D eigenvalue weighted by Crippen LogP contribution is 2.28. The third kappa shape index (κ3) is 3.62. The number of benzene rings is 1. The molecule has 0 aliphatic rings. The van der Waals surface area contributed by atoms with E-state index in [1.54, 1.807) is 26.4 Å². The standard InChI is InChI=1S/C16H19FN2O2/c1-4-19(16-7-5-6-15(17)18-16)11-12-8-9-13(20-2)14(10-12)21-3/h5-10H,4,11H2,1-3H3. The number of methoxy groups -OCH3 is 2. The molecule has 1 aromatic carbocycles. The quantitative estimate of drug-likeness (QED) is 0.765. The van der Waals surface area contributed by atoms with Crippen molar-refractivity contribution in [2.75, 3.05) is 25.7 Å². The number of halogens is 1. The van der Waals surface area contributed by atoms with Crippen molar-refractivity contribution < 1.29 is 13.9 Å². The van der Waals surface area contributed by atoms with Gasteiger partial charge in [-0.05, 0) is 36.8 Å². The van der Waals surface area contributed by atoms with Crippen molar-refractivity contribution in [1.29, 1.82) is 0 Å². The molecule has 21 heavy (non-hydrogen) atoms. The summed E-state index contributed by atoms with van der Waals surface area (Å²) in [4.78, 5) is 5.91. The molecule has 0 saturated carbocycles. The first-order valence-corrected chi connectivity index (χ1v) is 6.76. The zero-order valence-electron chi connectivity index (χ0n) is 12.5. The first kappa shape index (κ1) is 15.1. The fourth-order valence-corrected chi connectivity index (χ4v) is 2.13. The van der Waals surface area contributed by atoms with Gasteiger partial charge in [0.2, 0.25) is 5.95 Å². The summed E-state index contributed by atoms with van der Waals surface area (Å²) in [6, 6.07) is 10.5. The van der Waals surface area contributed by atoms with E-state index in [2.05, 4.69) is 4.98 Å². The Morgan fingerprint density at radius 1 is 1.10 bits per heavy atom. The summed E-state index contributed by atoms with van der Waals surface area (Å²) in [7, 11) is 3.21. The van der Waals surface area contributed by atoms with Crippen LogP contribution in [0.2, 0.25) is 0 Å². The van der Waals surface area contributed by atoms with Crippen LogP contribution in [-0.2, 0) is 6.54 Å². The molecule has 0 N–H and O–H groups in total. The van der Waals surface area contributed by atoms with E-state index in [0.717, 1.165) is 12.1 Å². The van der Waals surface area contributed by atoms with Crippen LogP contribution in [0.4, 0.5) is 10.2 Å². The molecule has 0 aliphatic carbocycles. The van der Waals surface area contributed by atoms with Crippen LogP contribution in [0.5, 0.6) is 11.5 Å². The minimum absolute atomic E-state index is 0.474. The van der Waals surface area contributed by atoms with E-state index in [4.69, 9.17) is 9.47 Å². The maximum atomic E-state index is 13.2. The van der Waals surface area contributed by atoms with Crippen molar-refractivity contribution >= 4 is 5.82 Å². The predicted molar refractivity (Wildman–Crippen MR) is 80.5 cm³/mol. The smallest absolute Gasteiger partial charge is 0.214 e. The topological polar surface area (TPSA) is 34.6 Å². The molecule has 1 aromatic heterocycles. The molecule has 0 amide bonds. The van der Waals surface area contributed by atoms with Gasteiger partial charge in [0.15, 0.2) is 11.5 Å². The monoisotopic (exact) mass is 290 g/mol. The van der Waals surface area contributed by atoms with E-state index < -0.39 is 5.95 Å². The number of hydrogen-bond donors (Lipinski definition) is 0. The zero-order chi connectivity index (χ0) is 15.2. The highest BCUT2D eigenvalue weighted by molar-refractivity contribution is 5.45. The van der Waals surface area contributed by atoms with Gasteiger partial charge in [-0.15, -0.1) is 0 Å². The molecular formula is C16H19FN2O2. The molecule has 0 atom stereocenters. The van der Waals surface area contributed by atoms with E-state index in [1.165, 1.54) is 6.07 Å². The lowest BCUT2D eigenvalue weighted by atomic mass is 10.2. The van der Waals surface area contributed by atoms with Crippen LogP contribution in [0.3, 0.4) is 0 Å². The van der Waals surface area contributed by atoms with E-state index in [1.807, 2.05) is 30.0 Å². The highest BCUT2D eigenvalue weighted by Gasteiger charge is 2.10. The van der Waals surface area contributed by atoms with E-state index in [9.17, 15) is 4.39 Å². The van der Waals surface area contributed by atoms with E-state index >= 15 is 0 Å². The van der Waals surface area contributed by atoms with Crippen LogP contribution in [0.15, 0.2) is 36.4 Å². The number of nitrogens with zero attached hydrogens (tertiary/aromatic N) is 2. The summed E-state index contributed by atoms with van der Waals surface area (Å²) in [5.41, 5.74) is 1.04. The number of anilines is 1. The van der Waals surface area contributed by atoms with Gasteiger partial charge >= 0.3 is 0 Å². The number of rotatable bonds is 6. The van der Waals surface area contributed by atoms with E-state index in [0.29, 0.717) is 23.9 Å². The Bertz CT molecular complexity index is 605. The Hall–Kier alpha value is -2.30. The van der Waals surface area contributed by atoms with Crippen LogP contribution in [0, 0.1) is 5.95 Å². The summed E-state index contributed by atoms with van der Waals surface area (Å²) in [5, 5.41) is 0. The molecule has 4 nitrogen and oxygen atoms in total. The Balaban J connectivity index is 2.22. The van der Waals surface area contributed by atoms with Crippen LogP contribution in [-0.4, -0.2) is 25.7 Å². The maximum Gasteiger partial charge on any atom is 0.214 e. The molecule has 0 aliphatic heterocycles. The largest absolute Gasteiger partial charge is 0.493 e. The van der Waals surface area contributed by atoms with Gasteiger partial charge in [0, 0.05) is 13.1 Å². The third-order valence-electron chi connectivity index (χ3n) is 3.23. The van der Waals surface area contributed by atoms with Crippen molar-refractivity contribution in [2.24, 2.45) is 0 Å². The van der Waals surface area contributed by atoms with E-state index in [-0.39, 0.29) is 0 Å². The van der Waals surface area contributed by atoms with Gasteiger partial charge in [0.05, 0.1) is 14.2 Å². The average Bonchev–Trinajstić information content (AvgIpc) is 2.52. The Labute approximate surface area is 124 Å². The Kier molecular flexibility index (Phi) is 4.98. The fraction of sp³-hybridized carbons (Fsp3) is 0.312. The molecular weight excluding hydrogens is 271 g/mol. The predicted octanol–water partition coefficient (Wildman–Crippen LogP) is 3.26. The molecule has 5 heteroatoms. The van der Waals surface area contributed by atoms with Gasteiger partial charge in [-0.3, -0.25) is 0 Å². The Morgan fingerprint density at radius 3 is 2.48 bits per heavy atom. The molecule has 112 valence electrons. The molecule has 1 heterocycles. The highest BCUT2D eigenvalue weighted by atomic mass is 19.1.